The maximum absolute atomic E-state index is 14.0. The first-order valence-electron chi connectivity index (χ1n) is 13.2. The quantitative estimate of drug-likeness (QED) is 0.207. The van der Waals surface area contributed by atoms with Crippen LogP contribution in [0.15, 0.2) is 18.2 Å². The molecule has 0 saturated carbocycles. The van der Waals surface area contributed by atoms with E-state index in [-0.39, 0.29) is 25.1 Å². The van der Waals surface area contributed by atoms with Crippen LogP contribution in [0.1, 0.15) is 56.6 Å². The molecule has 2 saturated heterocycles. The topological polar surface area (TPSA) is 106 Å². The zero-order valence-electron chi connectivity index (χ0n) is 21.6. The standard InChI is InChI=1S/C26H40F2N4O5/c1-35-25(33)30-9-13-37-24(21-14-22(27)16-23(28)15-21)20-8-5-10-31(17-20)26(34)32(29)11-4-7-19-6-2-3-12-36-18-19/h14-16,19-20,24H,2-13,17-18,29H2,1H3,(H,30,33). The highest BCUT2D eigenvalue weighted by molar-refractivity contribution is 5.73. The molecule has 0 radical (unpaired) electrons. The zero-order chi connectivity index (χ0) is 26.6. The van der Waals surface area contributed by atoms with Crippen LogP contribution in [0, 0.1) is 23.5 Å². The lowest BCUT2D eigenvalue weighted by atomic mass is 9.88. The second-order valence-corrected chi connectivity index (χ2v) is 9.82. The first-order valence-corrected chi connectivity index (χ1v) is 13.2. The summed E-state index contributed by atoms with van der Waals surface area (Å²) in [6.45, 7) is 3.20. The molecule has 2 heterocycles. The van der Waals surface area contributed by atoms with Crippen LogP contribution in [0.3, 0.4) is 0 Å². The highest BCUT2D eigenvalue weighted by atomic mass is 19.1. The van der Waals surface area contributed by atoms with Crippen molar-refractivity contribution < 1.29 is 32.6 Å². The molecule has 3 amide bonds. The van der Waals surface area contributed by atoms with Gasteiger partial charge in [-0.15, -0.1) is 0 Å². The van der Waals surface area contributed by atoms with Crippen LogP contribution in [0.5, 0.6) is 0 Å². The van der Waals surface area contributed by atoms with Crippen molar-refractivity contribution in [2.75, 3.05) is 53.1 Å². The van der Waals surface area contributed by atoms with Gasteiger partial charge in [-0.1, -0.05) is 6.42 Å². The molecule has 0 aromatic heterocycles. The Bertz CT molecular complexity index is 849. The maximum Gasteiger partial charge on any atom is 0.406 e. The van der Waals surface area contributed by atoms with Crippen LogP contribution in [0.2, 0.25) is 0 Å². The Morgan fingerprint density at radius 1 is 1.22 bits per heavy atom. The normalized spacial score (nSPS) is 21.1. The van der Waals surface area contributed by atoms with Gasteiger partial charge < -0.3 is 24.4 Å². The molecule has 2 aliphatic heterocycles. The van der Waals surface area contributed by atoms with Gasteiger partial charge in [-0.3, -0.25) is 5.01 Å². The average Bonchev–Trinajstić information content (AvgIpc) is 3.16. The minimum absolute atomic E-state index is 0.107. The first kappa shape index (κ1) is 29.1. The molecule has 2 fully saturated rings. The number of nitrogens with two attached hydrogens (primary N) is 1. The van der Waals surface area contributed by atoms with E-state index >= 15 is 0 Å². The third kappa shape index (κ3) is 9.39. The molecule has 9 nitrogen and oxygen atoms in total. The van der Waals surface area contributed by atoms with Crippen LogP contribution < -0.4 is 11.2 Å². The Balaban J connectivity index is 1.58. The SMILES string of the molecule is COC(=O)NCCOC(c1cc(F)cc(F)c1)C1CCCN(C(=O)N(N)CCCC2CCCCOC2)C1. The molecule has 0 spiro atoms. The van der Waals surface area contributed by atoms with Crippen molar-refractivity contribution in [3.8, 4) is 0 Å². The van der Waals surface area contributed by atoms with Gasteiger partial charge in [0.25, 0.3) is 0 Å². The summed E-state index contributed by atoms with van der Waals surface area (Å²) in [4.78, 5) is 26.1. The van der Waals surface area contributed by atoms with Crippen LogP contribution >= 0.6 is 0 Å². The Labute approximate surface area is 217 Å². The van der Waals surface area contributed by atoms with Gasteiger partial charge in [-0.2, -0.15) is 0 Å². The minimum Gasteiger partial charge on any atom is -0.453 e. The van der Waals surface area contributed by atoms with E-state index < -0.39 is 23.8 Å². The summed E-state index contributed by atoms with van der Waals surface area (Å²) in [5.41, 5.74) is 0.352. The third-order valence-electron chi connectivity index (χ3n) is 6.99. The Kier molecular flexibility index (Phi) is 11.8. The number of piperidine rings is 1. The van der Waals surface area contributed by atoms with Crippen molar-refractivity contribution in [2.45, 2.75) is 51.0 Å². The highest BCUT2D eigenvalue weighted by Crippen LogP contribution is 2.34. The summed E-state index contributed by atoms with van der Waals surface area (Å²) in [6.07, 6.45) is 5.33. The van der Waals surface area contributed by atoms with Gasteiger partial charge in [-0.05, 0) is 62.1 Å². The number of hydrazine groups is 1. The fourth-order valence-electron chi connectivity index (χ4n) is 5.11. The number of amides is 3. The number of likely N-dealkylation sites (tertiary alicyclic amines) is 1. The van der Waals surface area contributed by atoms with E-state index in [1.54, 1.807) is 4.90 Å². The third-order valence-corrected chi connectivity index (χ3v) is 6.99. The monoisotopic (exact) mass is 526 g/mol. The van der Waals surface area contributed by atoms with Gasteiger partial charge in [0.15, 0.2) is 0 Å². The molecular formula is C26H40F2N4O5. The fraction of sp³-hybridized carbons (Fsp3) is 0.692. The van der Waals surface area contributed by atoms with E-state index in [1.807, 2.05) is 0 Å². The summed E-state index contributed by atoms with van der Waals surface area (Å²) in [5, 5.41) is 3.79. The van der Waals surface area contributed by atoms with Gasteiger partial charge >= 0.3 is 12.1 Å². The number of nitrogens with one attached hydrogen (secondary N) is 1. The van der Waals surface area contributed by atoms with Crippen molar-refractivity contribution in [3.05, 3.63) is 35.4 Å². The first-order chi connectivity index (χ1) is 17.9. The number of alkyl carbamates (subject to hydrolysis) is 1. The van der Waals surface area contributed by atoms with E-state index in [0.717, 1.165) is 45.0 Å². The number of ether oxygens (including phenoxy) is 3. The number of carbonyl (C=O) groups excluding carboxylic acids is 2. The van der Waals surface area contributed by atoms with E-state index in [4.69, 9.17) is 15.3 Å². The van der Waals surface area contributed by atoms with Gasteiger partial charge in [0, 0.05) is 51.4 Å². The largest absolute Gasteiger partial charge is 0.453 e. The van der Waals surface area contributed by atoms with Gasteiger partial charge in [-0.25, -0.2) is 24.2 Å². The second-order valence-electron chi connectivity index (χ2n) is 9.82. The molecule has 3 atom stereocenters. The van der Waals surface area contributed by atoms with E-state index in [9.17, 15) is 18.4 Å². The predicted octanol–water partition coefficient (Wildman–Crippen LogP) is 3.98. The number of methoxy groups -OCH3 is 1. The Hall–Kier alpha value is -2.50. The smallest absolute Gasteiger partial charge is 0.406 e. The molecule has 3 unspecified atom stereocenters. The molecule has 1 aromatic carbocycles. The maximum atomic E-state index is 14.0. The molecule has 208 valence electrons. The summed E-state index contributed by atoms with van der Waals surface area (Å²) in [6, 6.07) is 3.03. The number of benzene rings is 1. The number of hydrogen-bond donors (Lipinski definition) is 2. The van der Waals surface area contributed by atoms with E-state index in [0.29, 0.717) is 44.0 Å². The lowest BCUT2D eigenvalue weighted by Crippen LogP contribution is -2.51. The summed E-state index contributed by atoms with van der Waals surface area (Å²) in [5.74, 6) is 5.03. The molecule has 11 heteroatoms. The van der Waals surface area contributed by atoms with Crippen molar-refractivity contribution in [1.82, 2.24) is 15.2 Å². The van der Waals surface area contributed by atoms with Crippen molar-refractivity contribution >= 4 is 12.1 Å². The number of hydrogen-bond acceptors (Lipinski definition) is 6. The Morgan fingerprint density at radius 3 is 2.76 bits per heavy atom. The van der Waals surface area contributed by atoms with Crippen LogP contribution in [0.25, 0.3) is 0 Å². The van der Waals surface area contributed by atoms with Gasteiger partial charge in [0.2, 0.25) is 0 Å². The lowest BCUT2D eigenvalue weighted by Gasteiger charge is -2.38. The van der Waals surface area contributed by atoms with Crippen molar-refractivity contribution in [1.29, 1.82) is 0 Å². The van der Waals surface area contributed by atoms with Gasteiger partial charge in [0.05, 0.1) is 19.8 Å². The molecule has 37 heavy (non-hydrogen) atoms. The van der Waals surface area contributed by atoms with Gasteiger partial charge in [0.1, 0.15) is 11.6 Å². The van der Waals surface area contributed by atoms with E-state index in [2.05, 4.69) is 10.1 Å². The molecular weight excluding hydrogens is 486 g/mol. The minimum atomic E-state index is -0.702. The molecule has 0 bridgehead atoms. The van der Waals surface area contributed by atoms with Crippen LogP contribution in [0.4, 0.5) is 18.4 Å². The molecule has 3 N–H and O–H groups in total. The summed E-state index contributed by atoms with van der Waals surface area (Å²) in [7, 11) is 1.26. The second kappa shape index (κ2) is 15.0. The van der Waals surface area contributed by atoms with Crippen molar-refractivity contribution in [2.24, 2.45) is 17.7 Å². The highest BCUT2D eigenvalue weighted by Gasteiger charge is 2.33. The summed E-state index contributed by atoms with van der Waals surface area (Å²) >= 11 is 0. The number of halogens is 2. The fourth-order valence-corrected chi connectivity index (χ4v) is 5.11. The van der Waals surface area contributed by atoms with Crippen LogP contribution in [-0.2, 0) is 14.2 Å². The molecule has 0 aliphatic carbocycles. The van der Waals surface area contributed by atoms with E-state index in [1.165, 1.54) is 30.7 Å². The predicted molar refractivity (Wildman–Crippen MR) is 133 cm³/mol. The average molecular weight is 527 g/mol. The lowest BCUT2D eigenvalue weighted by molar-refractivity contribution is -0.0110. The Morgan fingerprint density at radius 2 is 2.00 bits per heavy atom. The zero-order valence-corrected chi connectivity index (χ0v) is 21.6. The molecule has 2 aliphatic rings. The molecule has 3 rings (SSSR count). The number of rotatable bonds is 10. The van der Waals surface area contributed by atoms with Crippen LogP contribution in [-0.4, -0.2) is 75.1 Å². The number of carbonyl (C=O) groups is 2. The number of urea groups is 1. The van der Waals surface area contributed by atoms with Crippen molar-refractivity contribution in [3.63, 3.8) is 0 Å². The molecule has 1 aromatic rings. The summed E-state index contributed by atoms with van der Waals surface area (Å²) < 4.78 is 44.2. The number of nitrogens with zero attached hydrogens (tertiary/aromatic N) is 2.